The van der Waals surface area contributed by atoms with Crippen LogP contribution in [0.3, 0.4) is 0 Å². The first-order valence-electron chi connectivity index (χ1n) is 8.10. The second-order valence-electron chi connectivity index (χ2n) is 6.77. The van der Waals surface area contributed by atoms with Gasteiger partial charge in [0, 0.05) is 18.9 Å². The van der Waals surface area contributed by atoms with E-state index in [1.165, 1.54) is 0 Å². The third kappa shape index (κ3) is 2.83. The molecule has 0 radical (unpaired) electrons. The van der Waals surface area contributed by atoms with Crippen molar-refractivity contribution in [3.05, 3.63) is 54.1 Å². The van der Waals surface area contributed by atoms with Crippen molar-refractivity contribution in [1.29, 1.82) is 0 Å². The topological polar surface area (TPSA) is 59.0 Å². The second-order valence-corrected chi connectivity index (χ2v) is 6.77. The fourth-order valence-electron chi connectivity index (χ4n) is 3.31. The van der Waals surface area contributed by atoms with Gasteiger partial charge in [-0.2, -0.15) is 0 Å². The lowest BCUT2D eigenvalue weighted by molar-refractivity contribution is 0.231. The molecule has 5 nitrogen and oxygen atoms in total. The van der Waals surface area contributed by atoms with E-state index in [1.807, 2.05) is 29.0 Å². The molecule has 23 heavy (non-hydrogen) atoms. The number of nitrogens with one attached hydrogen (secondary N) is 2. The van der Waals surface area contributed by atoms with Gasteiger partial charge in [-0.1, -0.05) is 44.2 Å². The van der Waals surface area contributed by atoms with E-state index in [0.717, 1.165) is 24.4 Å². The Labute approximate surface area is 137 Å². The Kier molecular flexibility index (Phi) is 3.88. The van der Waals surface area contributed by atoms with Crippen LogP contribution in [0.1, 0.15) is 38.6 Å². The number of carbonyl (C=O) groups is 1. The first kappa shape index (κ1) is 15.6. The van der Waals surface area contributed by atoms with Crippen molar-refractivity contribution in [1.82, 2.24) is 20.2 Å². The summed E-state index contributed by atoms with van der Waals surface area (Å²) in [5.41, 5.74) is 0.946. The second kappa shape index (κ2) is 5.72. The zero-order chi connectivity index (χ0) is 16.5. The molecule has 1 aromatic carbocycles. The smallest absolute Gasteiger partial charge is 0.315 e. The van der Waals surface area contributed by atoms with Gasteiger partial charge in [0.25, 0.3) is 0 Å². The summed E-state index contributed by atoms with van der Waals surface area (Å²) in [7, 11) is 0. The number of carbonyl (C=O) groups excluding carboxylic acids is 1. The molecule has 1 aliphatic carbocycles. The summed E-state index contributed by atoms with van der Waals surface area (Å²) in [5.74, 6) is 0.867. The van der Waals surface area contributed by atoms with E-state index in [9.17, 15) is 4.79 Å². The number of aromatic nitrogens is 2. The van der Waals surface area contributed by atoms with Gasteiger partial charge in [-0.15, -0.1) is 0 Å². The largest absolute Gasteiger partial charge is 0.334 e. The van der Waals surface area contributed by atoms with Gasteiger partial charge >= 0.3 is 6.03 Å². The molecule has 0 bridgehead atoms. The molecule has 1 atom stereocenters. The Morgan fingerprint density at radius 3 is 2.61 bits per heavy atom. The molecule has 2 N–H and O–H groups in total. The lowest BCUT2D eigenvalue weighted by Gasteiger charge is -2.23. The van der Waals surface area contributed by atoms with Gasteiger partial charge < -0.3 is 15.2 Å². The standard InChI is InChI=1S/C18H24N4O/c1-4-22-11-10-19-15(22)12-20-16(23)21-18(13-17(18,2)3)14-8-6-5-7-9-14/h5-11H,4,12-13H2,1-3H3,(H2,20,21,23). The SMILES string of the molecule is CCn1ccnc1CNC(=O)NC1(c2ccccc2)CC1(C)C. The van der Waals surface area contributed by atoms with Crippen LogP contribution in [0, 0.1) is 5.41 Å². The average Bonchev–Trinajstić information content (AvgIpc) is 2.89. The van der Waals surface area contributed by atoms with Crippen LogP contribution in [0.15, 0.2) is 42.7 Å². The van der Waals surface area contributed by atoms with Crippen LogP contribution in [0.25, 0.3) is 0 Å². The number of imidazole rings is 1. The van der Waals surface area contributed by atoms with E-state index in [1.54, 1.807) is 6.20 Å². The fourth-order valence-corrected chi connectivity index (χ4v) is 3.31. The fraction of sp³-hybridized carbons (Fsp3) is 0.444. The van der Waals surface area contributed by atoms with Crippen LogP contribution in [0.4, 0.5) is 4.79 Å². The summed E-state index contributed by atoms with van der Waals surface area (Å²) in [6, 6.07) is 10.0. The average molecular weight is 312 g/mol. The first-order chi connectivity index (χ1) is 11.0. The number of urea groups is 1. The molecule has 3 rings (SSSR count). The lowest BCUT2D eigenvalue weighted by Crippen LogP contribution is -2.44. The third-order valence-electron chi connectivity index (χ3n) is 4.88. The maximum Gasteiger partial charge on any atom is 0.315 e. The predicted molar refractivity (Wildman–Crippen MR) is 89.8 cm³/mol. The quantitative estimate of drug-likeness (QED) is 0.891. The molecule has 0 spiro atoms. The number of hydrogen-bond donors (Lipinski definition) is 2. The van der Waals surface area contributed by atoms with E-state index < -0.39 is 0 Å². The summed E-state index contributed by atoms with van der Waals surface area (Å²) >= 11 is 0. The van der Waals surface area contributed by atoms with Crippen molar-refractivity contribution in [2.45, 2.75) is 45.8 Å². The number of amides is 2. The van der Waals surface area contributed by atoms with Gasteiger partial charge in [-0.3, -0.25) is 0 Å². The predicted octanol–water partition coefficient (Wildman–Crippen LogP) is 3.03. The minimum atomic E-state index is -0.279. The Hall–Kier alpha value is -2.30. The number of aryl methyl sites for hydroxylation is 1. The molecule has 5 heteroatoms. The van der Waals surface area contributed by atoms with Crippen molar-refractivity contribution in [3.63, 3.8) is 0 Å². The van der Waals surface area contributed by atoms with Crippen molar-refractivity contribution in [2.24, 2.45) is 5.41 Å². The van der Waals surface area contributed by atoms with Crippen LogP contribution in [0.5, 0.6) is 0 Å². The molecular formula is C18H24N4O. The highest BCUT2D eigenvalue weighted by Gasteiger charge is 2.63. The van der Waals surface area contributed by atoms with E-state index in [-0.39, 0.29) is 17.0 Å². The van der Waals surface area contributed by atoms with Gasteiger partial charge in [0.15, 0.2) is 0 Å². The molecule has 1 aliphatic rings. The first-order valence-corrected chi connectivity index (χ1v) is 8.10. The minimum absolute atomic E-state index is 0.0631. The number of rotatable bonds is 5. The van der Waals surface area contributed by atoms with Crippen molar-refractivity contribution >= 4 is 6.03 Å². The van der Waals surface area contributed by atoms with Gasteiger partial charge in [0.1, 0.15) is 5.82 Å². The molecule has 2 amide bonds. The van der Waals surface area contributed by atoms with Crippen molar-refractivity contribution < 1.29 is 4.79 Å². The summed E-state index contributed by atoms with van der Waals surface area (Å²) in [5, 5.41) is 6.12. The van der Waals surface area contributed by atoms with Gasteiger partial charge in [-0.25, -0.2) is 9.78 Å². The Morgan fingerprint density at radius 2 is 2.00 bits per heavy atom. The van der Waals surface area contributed by atoms with Gasteiger partial charge in [0.2, 0.25) is 0 Å². The molecule has 0 aliphatic heterocycles. The van der Waals surface area contributed by atoms with Gasteiger partial charge in [-0.05, 0) is 24.3 Å². The van der Waals surface area contributed by atoms with E-state index in [0.29, 0.717) is 6.54 Å². The third-order valence-corrected chi connectivity index (χ3v) is 4.88. The molecular weight excluding hydrogens is 288 g/mol. The zero-order valence-corrected chi connectivity index (χ0v) is 14.0. The van der Waals surface area contributed by atoms with Gasteiger partial charge in [0.05, 0.1) is 12.1 Å². The Morgan fingerprint density at radius 1 is 1.30 bits per heavy atom. The maximum absolute atomic E-state index is 12.4. The van der Waals surface area contributed by atoms with Crippen LogP contribution < -0.4 is 10.6 Å². The Balaban J connectivity index is 1.67. The van der Waals surface area contributed by atoms with Crippen LogP contribution >= 0.6 is 0 Å². The summed E-state index contributed by atoms with van der Waals surface area (Å²) in [6.07, 6.45) is 4.62. The molecule has 0 saturated heterocycles. The zero-order valence-electron chi connectivity index (χ0n) is 14.0. The maximum atomic E-state index is 12.4. The van der Waals surface area contributed by atoms with Crippen LogP contribution in [-0.2, 0) is 18.6 Å². The molecule has 1 unspecified atom stereocenters. The van der Waals surface area contributed by atoms with Crippen LogP contribution in [0.2, 0.25) is 0 Å². The highest BCUT2D eigenvalue weighted by molar-refractivity contribution is 5.76. The molecule has 1 saturated carbocycles. The van der Waals surface area contributed by atoms with E-state index >= 15 is 0 Å². The highest BCUT2D eigenvalue weighted by atomic mass is 16.2. The normalized spacial score (nSPS) is 21.7. The van der Waals surface area contributed by atoms with Crippen molar-refractivity contribution in [3.8, 4) is 0 Å². The molecule has 1 aromatic heterocycles. The van der Waals surface area contributed by atoms with Crippen LogP contribution in [-0.4, -0.2) is 15.6 Å². The highest BCUT2D eigenvalue weighted by Crippen LogP contribution is 2.62. The molecule has 1 fully saturated rings. The summed E-state index contributed by atoms with van der Waals surface area (Å²) < 4.78 is 2.02. The number of hydrogen-bond acceptors (Lipinski definition) is 2. The molecule has 122 valence electrons. The number of nitrogens with zero attached hydrogens (tertiary/aromatic N) is 2. The number of benzene rings is 1. The minimum Gasteiger partial charge on any atom is -0.334 e. The monoisotopic (exact) mass is 312 g/mol. The lowest BCUT2D eigenvalue weighted by atomic mass is 9.96. The molecule has 1 heterocycles. The van der Waals surface area contributed by atoms with E-state index in [4.69, 9.17) is 0 Å². The van der Waals surface area contributed by atoms with Crippen molar-refractivity contribution in [2.75, 3.05) is 0 Å². The summed E-state index contributed by atoms with van der Waals surface area (Å²) in [6.45, 7) is 7.70. The Bertz CT molecular complexity index is 692. The van der Waals surface area contributed by atoms with E-state index in [2.05, 4.69) is 48.5 Å². The summed E-state index contributed by atoms with van der Waals surface area (Å²) in [4.78, 5) is 16.7. The molecule has 2 aromatic rings.